The lowest BCUT2D eigenvalue weighted by Crippen LogP contribution is -2.41. The predicted molar refractivity (Wildman–Crippen MR) is 109 cm³/mol. The molecule has 5 rings (SSSR count). The Hall–Kier alpha value is -2.07. The predicted octanol–water partition coefficient (Wildman–Crippen LogP) is 4.22. The van der Waals surface area contributed by atoms with Gasteiger partial charge in [0.1, 0.15) is 5.76 Å². The van der Waals surface area contributed by atoms with Crippen molar-refractivity contribution in [2.45, 2.75) is 56.4 Å². The summed E-state index contributed by atoms with van der Waals surface area (Å²) in [6.07, 6.45) is 8.43. The number of carbonyl (C=O) groups is 1. The zero-order chi connectivity index (χ0) is 19.0. The van der Waals surface area contributed by atoms with E-state index in [9.17, 15) is 4.79 Å². The summed E-state index contributed by atoms with van der Waals surface area (Å²) in [5, 5.41) is 3.17. The first kappa shape index (κ1) is 18.0. The van der Waals surface area contributed by atoms with Crippen molar-refractivity contribution in [3.8, 4) is 0 Å². The Bertz CT molecular complexity index is 817. The highest BCUT2D eigenvalue weighted by Gasteiger charge is 2.45. The van der Waals surface area contributed by atoms with Gasteiger partial charge in [0.2, 0.25) is 5.91 Å². The molecule has 1 N–H and O–H groups in total. The largest absolute Gasteiger partial charge is 0.468 e. The molecule has 0 unspecified atom stereocenters. The molecule has 1 amide bonds. The molecule has 3 aliphatic rings. The summed E-state index contributed by atoms with van der Waals surface area (Å²) >= 11 is 0. The maximum atomic E-state index is 12.5. The smallest absolute Gasteiger partial charge is 0.220 e. The lowest BCUT2D eigenvalue weighted by Gasteiger charge is -2.40. The molecular formula is C24H30N2O2. The average Bonchev–Trinajstić information content (AvgIpc) is 3.33. The van der Waals surface area contributed by atoms with Gasteiger partial charge in [-0.1, -0.05) is 24.3 Å². The SMILES string of the molecule is O=C(C[C@H]1CC2(CCN(Cc3ccco3)CC2)c2ccccc21)NCC1CC1. The molecule has 1 atom stereocenters. The average molecular weight is 379 g/mol. The van der Waals surface area contributed by atoms with Gasteiger partial charge in [-0.15, -0.1) is 0 Å². The van der Waals surface area contributed by atoms with Crippen LogP contribution in [0.15, 0.2) is 47.1 Å². The van der Waals surface area contributed by atoms with E-state index < -0.39 is 0 Å². The Labute approximate surface area is 167 Å². The molecule has 1 saturated carbocycles. The topological polar surface area (TPSA) is 45.5 Å². The van der Waals surface area contributed by atoms with Crippen molar-refractivity contribution in [2.75, 3.05) is 19.6 Å². The lowest BCUT2D eigenvalue weighted by molar-refractivity contribution is -0.121. The molecule has 0 bridgehead atoms. The minimum absolute atomic E-state index is 0.235. The van der Waals surface area contributed by atoms with Crippen molar-refractivity contribution in [3.63, 3.8) is 0 Å². The highest BCUT2D eigenvalue weighted by molar-refractivity contribution is 5.77. The highest BCUT2D eigenvalue weighted by Crippen LogP contribution is 2.52. The molecule has 1 saturated heterocycles. The van der Waals surface area contributed by atoms with Gasteiger partial charge in [0.05, 0.1) is 12.8 Å². The van der Waals surface area contributed by atoms with Crippen molar-refractivity contribution in [2.24, 2.45) is 5.92 Å². The van der Waals surface area contributed by atoms with Crippen molar-refractivity contribution in [1.29, 1.82) is 0 Å². The molecule has 1 aromatic carbocycles. The van der Waals surface area contributed by atoms with Crippen LogP contribution in [0.2, 0.25) is 0 Å². The van der Waals surface area contributed by atoms with Crippen LogP contribution < -0.4 is 5.32 Å². The van der Waals surface area contributed by atoms with Crippen LogP contribution in [0.4, 0.5) is 0 Å². The number of rotatable bonds is 6. The molecule has 148 valence electrons. The Morgan fingerprint density at radius 2 is 1.96 bits per heavy atom. The summed E-state index contributed by atoms with van der Waals surface area (Å²) < 4.78 is 5.53. The van der Waals surface area contributed by atoms with E-state index in [0.29, 0.717) is 12.3 Å². The van der Waals surface area contributed by atoms with E-state index in [0.717, 1.165) is 44.3 Å². The van der Waals surface area contributed by atoms with E-state index in [2.05, 4.69) is 40.5 Å². The third kappa shape index (κ3) is 3.62. The van der Waals surface area contributed by atoms with Crippen molar-refractivity contribution in [1.82, 2.24) is 10.2 Å². The first-order valence-corrected chi connectivity index (χ1v) is 10.8. The van der Waals surface area contributed by atoms with Crippen LogP contribution in [-0.2, 0) is 16.8 Å². The van der Waals surface area contributed by atoms with Gasteiger partial charge in [0.25, 0.3) is 0 Å². The summed E-state index contributed by atoms with van der Waals surface area (Å²) in [6, 6.07) is 12.9. The number of benzene rings is 1. The fraction of sp³-hybridized carbons (Fsp3) is 0.542. The normalized spacial score (nSPS) is 23.6. The Kier molecular flexibility index (Phi) is 4.75. The molecule has 1 spiro atoms. The molecule has 28 heavy (non-hydrogen) atoms. The van der Waals surface area contributed by atoms with Gasteiger partial charge in [-0.25, -0.2) is 0 Å². The Balaban J connectivity index is 1.26. The number of hydrogen-bond donors (Lipinski definition) is 1. The van der Waals surface area contributed by atoms with Gasteiger partial charge in [-0.2, -0.15) is 0 Å². The number of nitrogens with zero attached hydrogens (tertiary/aromatic N) is 1. The van der Waals surface area contributed by atoms with Crippen LogP contribution in [0.1, 0.15) is 61.3 Å². The second-order valence-electron chi connectivity index (χ2n) is 9.08. The fourth-order valence-corrected chi connectivity index (χ4v) is 5.32. The van der Waals surface area contributed by atoms with Gasteiger partial charge in [-0.05, 0) is 85.7 Å². The summed E-state index contributed by atoms with van der Waals surface area (Å²) in [5.74, 6) is 2.39. The van der Waals surface area contributed by atoms with E-state index >= 15 is 0 Å². The second kappa shape index (κ2) is 7.40. The molecule has 4 nitrogen and oxygen atoms in total. The number of piperidine rings is 1. The molecular weight excluding hydrogens is 348 g/mol. The quantitative estimate of drug-likeness (QED) is 0.819. The first-order chi connectivity index (χ1) is 13.7. The maximum Gasteiger partial charge on any atom is 0.220 e. The van der Waals surface area contributed by atoms with Crippen molar-refractivity contribution in [3.05, 3.63) is 59.5 Å². The lowest BCUT2D eigenvalue weighted by atomic mass is 9.73. The van der Waals surface area contributed by atoms with E-state index in [1.807, 2.05) is 6.07 Å². The fourth-order valence-electron chi connectivity index (χ4n) is 5.32. The van der Waals surface area contributed by atoms with Crippen LogP contribution in [0.5, 0.6) is 0 Å². The van der Waals surface area contributed by atoms with E-state index in [4.69, 9.17) is 4.42 Å². The maximum absolute atomic E-state index is 12.5. The third-order valence-electron chi connectivity index (χ3n) is 7.10. The Morgan fingerprint density at radius 3 is 2.71 bits per heavy atom. The zero-order valence-corrected chi connectivity index (χ0v) is 16.5. The molecule has 1 aliphatic heterocycles. The molecule has 2 aliphatic carbocycles. The Morgan fingerprint density at radius 1 is 1.14 bits per heavy atom. The summed E-state index contributed by atoms with van der Waals surface area (Å²) in [7, 11) is 0. The van der Waals surface area contributed by atoms with Gasteiger partial charge in [-0.3, -0.25) is 9.69 Å². The second-order valence-corrected chi connectivity index (χ2v) is 9.08. The molecule has 2 heterocycles. The van der Waals surface area contributed by atoms with Gasteiger partial charge < -0.3 is 9.73 Å². The number of fused-ring (bicyclic) bond motifs is 2. The molecule has 0 radical (unpaired) electrons. The molecule has 1 aromatic heterocycles. The minimum Gasteiger partial charge on any atom is -0.468 e. The van der Waals surface area contributed by atoms with Gasteiger partial charge in [0, 0.05) is 13.0 Å². The zero-order valence-electron chi connectivity index (χ0n) is 16.5. The number of amides is 1. The van der Waals surface area contributed by atoms with Gasteiger partial charge in [0.15, 0.2) is 0 Å². The molecule has 4 heteroatoms. The first-order valence-electron chi connectivity index (χ1n) is 10.8. The van der Waals surface area contributed by atoms with Crippen LogP contribution in [0.3, 0.4) is 0 Å². The van der Waals surface area contributed by atoms with E-state index in [-0.39, 0.29) is 11.3 Å². The van der Waals surface area contributed by atoms with Crippen LogP contribution in [-0.4, -0.2) is 30.4 Å². The summed E-state index contributed by atoms with van der Waals surface area (Å²) in [5.41, 5.74) is 3.17. The summed E-state index contributed by atoms with van der Waals surface area (Å²) in [6.45, 7) is 3.96. The highest BCUT2D eigenvalue weighted by atomic mass is 16.3. The number of furan rings is 1. The van der Waals surface area contributed by atoms with Crippen LogP contribution in [0.25, 0.3) is 0 Å². The number of nitrogens with one attached hydrogen (secondary N) is 1. The molecule has 2 fully saturated rings. The standard InChI is InChI=1S/C24H30N2O2/c27-23(25-16-18-7-8-18)14-19-15-24(22-6-2-1-5-21(19)22)9-11-26(12-10-24)17-20-4-3-13-28-20/h1-6,13,18-19H,7-12,14-17H2,(H,25,27)/t19-/m0/s1. The van der Waals surface area contributed by atoms with Gasteiger partial charge >= 0.3 is 0 Å². The van der Waals surface area contributed by atoms with Crippen LogP contribution >= 0.6 is 0 Å². The minimum atomic E-state index is 0.235. The number of likely N-dealkylation sites (tertiary alicyclic amines) is 1. The summed E-state index contributed by atoms with van der Waals surface area (Å²) in [4.78, 5) is 15.0. The van der Waals surface area contributed by atoms with E-state index in [1.165, 1.54) is 36.8 Å². The number of hydrogen-bond acceptors (Lipinski definition) is 3. The molecule has 2 aromatic rings. The number of carbonyl (C=O) groups excluding carboxylic acids is 1. The monoisotopic (exact) mass is 378 g/mol. The van der Waals surface area contributed by atoms with Crippen molar-refractivity contribution >= 4 is 5.91 Å². The van der Waals surface area contributed by atoms with E-state index in [1.54, 1.807) is 6.26 Å². The van der Waals surface area contributed by atoms with Crippen molar-refractivity contribution < 1.29 is 9.21 Å². The van der Waals surface area contributed by atoms with Crippen LogP contribution in [0, 0.1) is 5.92 Å². The third-order valence-corrected chi connectivity index (χ3v) is 7.10.